The number of benzene rings is 2. The van der Waals surface area contributed by atoms with Gasteiger partial charge in [0.25, 0.3) is 5.91 Å². The average Bonchev–Trinajstić information content (AvgIpc) is 2.75. The van der Waals surface area contributed by atoms with Crippen molar-refractivity contribution in [3.63, 3.8) is 0 Å². The number of nitriles is 1. The second kappa shape index (κ2) is 9.28. The lowest BCUT2D eigenvalue weighted by Gasteiger charge is -2.29. The molecule has 2 aromatic rings. The molecule has 1 amide bonds. The van der Waals surface area contributed by atoms with Gasteiger partial charge in [-0.05, 0) is 54.7 Å². The molecule has 1 heterocycles. The Hall–Kier alpha value is -2.89. The van der Waals surface area contributed by atoms with E-state index in [1.165, 1.54) is 29.6 Å². The molecule has 0 saturated carbocycles. The van der Waals surface area contributed by atoms with Crippen molar-refractivity contribution in [2.24, 2.45) is 5.92 Å². The summed E-state index contributed by atoms with van der Waals surface area (Å²) in [6.07, 6.45) is 1.94. The van der Waals surface area contributed by atoms with Crippen LogP contribution in [0.25, 0.3) is 0 Å². The predicted octanol–water partition coefficient (Wildman–Crippen LogP) is 3.43. The predicted molar refractivity (Wildman–Crippen MR) is 114 cm³/mol. The van der Waals surface area contributed by atoms with E-state index in [1.54, 1.807) is 24.3 Å². The fourth-order valence-electron chi connectivity index (χ4n) is 3.39. The minimum Gasteiger partial charge on any atom is -0.496 e. The third-order valence-corrected chi connectivity index (χ3v) is 7.19. The van der Waals surface area contributed by atoms with Gasteiger partial charge in [-0.1, -0.05) is 19.1 Å². The first-order chi connectivity index (χ1) is 14.3. The van der Waals surface area contributed by atoms with Crippen molar-refractivity contribution in [2.75, 3.05) is 25.5 Å². The minimum atomic E-state index is -3.68. The summed E-state index contributed by atoms with van der Waals surface area (Å²) in [5.41, 5.74) is 1.53. The van der Waals surface area contributed by atoms with E-state index in [0.29, 0.717) is 30.4 Å². The van der Waals surface area contributed by atoms with Crippen molar-refractivity contribution in [1.82, 2.24) is 4.31 Å². The van der Waals surface area contributed by atoms with Crippen LogP contribution in [0.4, 0.5) is 5.69 Å². The zero-order chi connectivity index (χ0) is 21.7. The number of hydrogen-bond acceptors (Lipinski definition) is 5. The average molecular weight is 428 g/mol. The number of carbonyl (C=O) groups excluding carboxylic acids is 1. The van der Waals surface area contributed by atoms with Gasteiger partial charge in [0, 0.05) is 18.8 Å². The molecule has 30 heavy (non-hydrogen) atoms. The third-order valence-electron chi connectivity index (χ3n) is 5.29. The molecule has 0 aromatic heterocycles. The molecular formula is C22H25N3O4S. The number of nitrogens with one attached hydrogen (secondary N) is 1. The van der Waals surface area contributed by atoms with Gasteiger partial charge in [-0.15, -0.1) is 0 Å². The van der Waals surface area contributed by atoms with Crippen LogP contribution in [0.15, 0.2) is 47.4 Å². The summed E-state index contributed by atoms with van der Waals surface area (Å²) in [4.78, 5) is 12.9. The van der Waals surface area contributed by atoms with E-state index < -0.39 is 15.9 Å². The number of nitrogens with zero attached hydrogens (tertiary/aromatic N) is 2. The maximum atomic E-state index is 13.1. The number of amides is 1. The Bertz CT molecular complexity index is 1050. The van der Waals surface area contributed by atoms with Gasteiger partial charge in [-0.3, -0.25) is 4.79 Å². The quantitative estimate of drug-likeness (QED) is 0.761. The lowest BCUT2D eigenvalue weighted by atomic mass is 10.0. The summed E-state index contributed by atoms with van der Waals surface area (Å²) in [6.45, 7) is 3.07. The standard InChI is InChI=1S/C22H25N3O4S/c1-16-10-13-25(14-11-16)30(27,28)19-7-8-21(29-2)20(15-19)22(26)24-18-5-3-17(4-6-18)9-12-23/h3-8,15-16H,9-11,13-14H2,1-2H3,(H,24,26). The molecule has 7 nitrogen and oxygen atoms in total. The van der Waals surface area contributed by atoms with Crippen LogP contribution in [0, 0.1) is 17.2 Å². The summed E-state index contributed by atoms with van der Waals surface area (Å²) < 4.78 is 32.9. The van der Waals surface area contributed by atoms with Gasteiger partial charge < -0.3 is 10.1 Å². The topological polar surface area (TPSA) is 99.5 Å². The first kappa shape index (κ1) is 21.8. The SMILES string of the molecule is COc1ccc(S(=O)(=O)N2CCC(C)CC2)cc1C(=O)Nc1ccc(CC#N)cc1. The highest BCUT2D eigenvalue weighted by Gasteiger charge is 2.29. The van der Waals surface area contributed by atoms with Gasteiger partial charge in [0.2, 0.25) is 10.0 Å². The van der Waals surface area contributed by atoms with Gasteiger partial charge in [0.05, 0.1) is 30.1 Å². The molecule has 0 bridgehead atoms. The molecular weight excluding hydrogens is 402 g/mol. The lowest BCUT2D eigenvalue weighted by molar-refractivity contribution is 0.102. The maximum Gasteiger partial charge on any atom is 0.259 e. The molecule has 1 N–H and O–H groups in total. The van der Waals surface area contributed by atoms with Crippen LogP contribution in [-0.4, -0.2) is 38.8 Å². The number of sulfonamides is 1. The van der Waals surface area contributed by atoms with Crippen molar-refractivity contribution in [2.45, 2.75) is 31.1 Å². The van der Waals surface area contributed by atoms with Crippen LogP contribution in [0.1, 0.15) is 35.7 Å². The van der Waals surface area contributed by atoms with Crippen LogP contribution >= 0.6 is 0 Å². The molecule has 1 aliphatic heterocycles. The smallest absolute Gasteiger partial charge is 0.259 e. The zero-order valence-electron chi connectivity index (χ0n) is 17.1. The van der Waals surface area contributed by atoms with Crippen LogP contribution in [0.3, 0.4) is 0 Å². The van der Waals surface area contributed by atoms with Crippen molar-refractivity contribution >= 4 is 21.6 Å². The molecule has 158 valence electrons. The van der Waals surface area contributed by atoms with Crippen LogP contribution < -0.4 is 10.1 Å². The third kappa shape index (κ3) is 4.81. The summed E-state index contributed by atoms with van der Waals surface area (Å²) in [6, 6.07) is 13.3. The Morgan fingerprint density at radius 1 is 1.20 bits per heavy atom. The Kier molecular flexibility index (Phi) is 6.75. The van der Waals surface area contributed by atoms with E-state index in [0.717, 1.165) is 18.4 Å². The maximum absolute atomic E-state index is 13.1. The molecule has 1 fully saturated rings. The fourth-order valence-corrected chi connectivity index (χ4v) is 4.89. The largest absolute Gasteiger partial charge is 0.496 e. The summed E-state index contributed by atoms with van der Waals surface area (Å²) in [5.74, 6) is 0.331. The van der Waals surface area contributed by atoms with Crippen LogP contribution in [-0.2, 0) is 16.4 Å². The van der Waals surface area contributed by atoms with E-state index in [-0.39, 0.29) is 16.9 Å². The van der Waals surface area contributed by atoms with Gasteiger partial charge in [-0.25, -0.2) is 8.42 Å². The number of hydrogen-bond donors (Lipinski definition) is 1. The molecule has 0 aliphatic carbocycles. The van der Waals surface area contributed by atoms with E-state index in [2.05, 4.69) is 18.3 Å². The van der Waals surface area contributed by atoms with Crippen molar-refractivity contribution in [3.8, 4) is 11.8 Å². The number of piperidine rings is 1. The second-order valence-electron chi connectivity index (χ2n) is 7.43. The van der Waals surface area contributed by atoms with E-state index in [9.17, 15) is 13.2 Å². The van der Waals surface area contributed by atoms with Gasteiger partial charge >= 0.3 is 0 Å². The highest BCUT2D eigenvalue weighted by atomic mass is 32.2. The molecule has 0 radical (unpaired) electrons. The van der Waals surface area contributed by atoms with Crippen molar-refractivity contribution in [3.05, 3.63) is 53.6 Å². The Morgan fingerprint density at radius 3 is 2.47 bits per heavy atom. The normalized spacial score (nSPS) is 15.4. The van der Waals surface area contributed by atoms with Crippen molar-refractivity contribution < 1.29 is 17.9 Å². The Balaban J connectivity index is 1.85. The van der Waals surface area contributed by atoms with Crippen LogP contribution in [0.2, 0.25) is 0 Å². The summed E-state index contributed by atoms with van der Waals surface area (Å²) in [5, 5.41) is 11.5. The highest BCUT2D eigenvalue weighted by molar-refractivity contribution is 7.89. The molecule has 2 aromatic carbocycles. The molecule has 1 saturated heterocycles. The van der Waals surface area contributed by atoms with E-state index in [1.807, 2.05) is 0 Å². The lowest BCUT2D eigenvalue weighted by Crippen LogP contribution is -2.37. The molecule has 3 rings (SSSR count). The first-order valence-corrected chi connectivity index (χ1v) is 11.2. The van der Waals surface area contributed by atoms with E-state index in [4.69, 9.17) is 10.00 Å². The summed E-state index contributed by atoms with van der Waals surface area (Å²) in [7, 11) is -2.25. The monoisotopic (exact) mass is 427 g/mol. The molecule has 8 heteroatoms. The number of anilines is 1. The Labute approximate surface area is 177 Å². The number of ether oxygens (including phenoxy) is 1. The van der Waals surface area contributed by atoms with Gasteiger partial charge in [-0.2, -0.15) is 9.57 Å². The fraction of sp³-hybridized carbons (Fsp3) is 0.364. The Morgan fingerprint density at radius 2 is 1.87 bits per heavy atom. The minimum absolute atomic E-state index is 0.0763. The van der Waals surface area contributed by atoms with Crippen molar-refractivity contribution in [1.29, 1.82) is 5.26 Å². The van der Waals surface area contributed by atoms with Gasteiger partial charge in [0.1, 0.15) is 5.75 Å². The molecule has 0 spiro atoms. The highest BCUT2D eigenvalue weighted by Crippen LogP contribution is 2.28. The molecule has 1 aliphatic rings. The van der Waals surface area contributed by atoms with Gasteiger partial charge in [0.15, 0.2) is 0 Å². The zero-order valence-corrected chi connectivity index (χ0v) is 17.9. The van der Waals surface area contributed by atoms with Crippen LogP contribution in [0.5, 0.6) is 5.75 Å². The first-order valence-electron chi connectivity index (χ1n) is 9.80. The number of rotatable bonds is 6. The summed E-state index contributed by atoms with van der Waals surface area (Å²) >= 11 is 0. The second-order valence-corrected chi connectivity index (χ2v) is 9.37. The molecule has 0 atom stereocenters. The number of carbonyl (C=O) groups is 1. The molecule has 0 unspecified atom stereocenters. The van der Waals surface area contributed by atoms with E-state index >= 15 is 0 Å². The number of methoxy groups -OCH3 is 1.